The fraction of sp³-hybridized carbons (Fsp3) is 0.500. The van der Waals surface area contributed by atoms with Crippen LogP contribution in [-0.4, -0.2) is 30.5 Å². The van der Waals surface area contributed by atoms with E-state index in [1.807, 2.05) is 6.20 Å². The zero-order valence-corrected chi connectivity index (χ0v) is 13.2. The zero-order chi connectivity index (χ0) is 14.7. The van der Waals surface area contributed by atoms with E-state index in [0.717, 1.165) is 44.7 Å². The van der Waals surface area contributed by atoms with Crippen LogP contribution >= 0.6 is 11.3 Å². The van der Waals surface area contributed by atoms with E-state index in [9.17, 15) is 4.79 Å². The lowest BCUT2D eigenvalue weighted by Gasteiger charge is -2.32. The summed E-state index contributed by atoms with van der Waals surface area (Å²) < 4.78 is 1.28. The van der Waals surface area contributed by atoms with Crippen molar-refractivity contribution < 1.29 is 4.79 Å². The van der Waals surface area contributed by atoms with Crippen LogP contribution in [0.25, 0.3) is 10.1 Å². The van der Waals surface area contributed by atoms with Crippen molar-refractivity contribution in [1.82, 2.24) is 10.3 Å². The number of aromatic nitrogens is 1. The summed E-state index contributed by atoms with van der Waals surface area (Å²) in [6, 6.07) is 4.21. The van der Waals surface area contributed by atoms with Crippen LogP contribution in [0.1, 0.15) is 26.2 Å². The summed E-state index contributed by atoms with van der Waals surface area (Å²) in [6.07, 6.45) is 4.71. The lowest BCUT2D eigenvalue weighted by molar-refractivity contribution is -0.125. The zero-order valence-electron chi connectivity index (χ0n) is 12.3. The van der Waals surface area contributed by atoms with Crippen molar-refractivity contribution in [2.45, 2.75) is 26.2 Å². The molecule has 0 saturated carbocycles. The first kappa shape index (κ1) is 14.3. The average molecular weight is 303 g/mol. The van der Waals surface area contributed by atoms with E-state index in [2.05, 4.69) is 39.6 Å². The van der Waals surface area contributed by atoms with Gasteiger partial charge in [-0.05, 0) is 36.8 Å². The highest BCUT2D eigenvalue weighted by atomic mass is 32.1. The van der Waals surface area contributed by atoms with Gasteiger partial charge >= 0.3 is 0 Å². The molecule has 0 spiro atoms. The number of nitrogens with one attached hydrogen (secondary N) is 1. The van der Waals surface area contributed by atoms with Crippen LogP contribution < -0.4 is 10.2 Å². The van der Waals surface area contributed by atoms with Gasteiger partial charge in [-0.25, -0.2) is 4.98 Å². The number of carbonyl (C=O) groups excluding carboxylic acids is 1. The predicted molar refractivity (Wildman–Crippen MR) is 87.9 cm³/mol. The fourth-order valence-electron chi connectivity index (χ4n) is 2.88. The number of hydrogen-bond acceptors (Lipinski definition) is 4. The summed E-state index contributed by atoms with van der Waals surface area (Å²) in [6.45, 7) is 4.68. The molecule has 1 fully saturated rings. The molecule has 5 heteroatoms. The molecule has 2 aromatic heterocycles. The van der Waals surface area contributed by atoms with Gasteiger partial charge in [0.1, 0.15) is 5.82 Å². The number of carbonyl (C=O) groups is 1. The Morgan fingerprint density at radius 3 is 3.00 bits per heavy atom. The molecule has 1 aliphatic rings. The Bertz CT molecular complexity index is 617. The van der Waals surface area contributed by atoms with E-state index in [0.29, 0.717) is 0 Å². The molecule has 1 amide bonds. The molecule has 1 aliphatic heterocycles. The Morgan fingerprint density at radius 2 is 2.24 bits per heavy atom. The van der Waals surface area contributed by atoms with Crippen LogP contribution in [0.5, 0.6) is 0 Å². The van der Waals surface area contributed by atoms with Crippen molar-refractivity contribution in [3.63, 3.8) is 0 Å². The minimum Gasteiger partial charge on any atom is -0.356 e. The van der Waals surface area contributed by atoms with Gasteiger partial charge in [0.05, 0.1) is 0 Å². The standard InChI is InChI=1S/C16H21N3OS/c1-2-7-18-16(20)12-4-9-19(10-5-12)15-13-6-11-21-14(13)3-8-17-15/h3,6,8,11-12H,2,4-5,7,9-10H2,1H3,(H,18,20). The number of rotatable bonds is 4. The second-order valence-electron chi connectivity index (χ2n) is 5.52. The van der Waals surface area contributed by atoms with Crippen LogP contribution in [0.2, 0.25) is 0 Å². The molecule has 3 rings (SSSR count). The predicted octanol–water partition coefficient (Wildman–Crippen LogP) is 3.04. The van der Waals surface area contributed by atoms with Crippen molar-refractivity contribution in [3.05, 3.63) is 23.7 Å². The summed E-state index contributed by atoms with van der Waals surface area (Å²) in [7, 11) is 0. The number of thiophene rings is 1. The van der Waals surface area contributed by atoms with Gasteiger partial charge in [-0.2, -0.15) is 0 Å². The SMILES string of the molecule is CCCNC(=O)C1CCN(c2nccc3sccc23)CC1. The minimum absolute atomic E-state index is 0.162. The number of pyridine rings is 1. The first-order valence-electron chi connectivity index (χ1n) is 7.64. The van der Waals surface area contributed by atoms with Crippen LogP contribution in [0.4, 0.5) is 5.82 Å². The van der Waals surface area contributed by atoms with Crippen molar-refractivity contribution in [2.24, 2.45) is 5.92 Å². The number of nitrogens with zero attached hydrogens (tertiary/aromatic N) is 2. The summed E-state index contributed by atoms with van der Waals surface area (Å²) in [5.74, 6) is 1.45. The lowest BCUT2D eigenvalue weighted by Crippen LogP contribution is -2.41. The number of fused-ring (bicyclic) bond motifs is 1. The molecule has 1 saturated heterocycles. The molecular formula is C16H21N3OS. The third-order valence-electron chi connectivity index (χ3n) is 4.07. The third-order valence-corrected chi connectivity index (χ3v) is 4.96. The van der Waals surface area contributed by atoms with Crippen molar-refractivity contribution in [3.8, 4) is 0 Å². The van der Waals surface area contributed by atoms with E-state index in [-0.39, 0.29) is 11.8 Å². The molecule has 0 aliphatic carbocycles. The Labute approximate surface area is 129 Å². The van der Waals surface area contributed by atoms with Gasteiger partial charge in [-0.1, -0.05) is 6.92 Å². The van der Waals surface area contributed by atoms with Gasteiger partial charge in [0.25, 0.3) is 0 Å². The maximum absolute atomic E-state index is 12.0. The van der Waals surface area contributed by atoms with Crippen molar-refractivity contribution in [2.75, 3.05) is 24.5 Å². The number of anilines is 1. The molecule has 0 atom stereocenters. The molecule has 112 valence electrons. The van der Waals surface area contributed by atoms with Gasteiger partial charge in [-0.15, -0.1) is 11.3 Å². The van der Waals surface area contributed by atoms with Crippen LogP contribution in [0.3, 0.4) is 0 Å². The number of hydrogen-bond donors (Lipinski definition) is 1. The maximum Gasteiger partial charge on any atom is 0.223 e. The van der Waals surface area contributed by atoms with Crippen LogP contribution in [-0.2, 0) is 4.79 Å². The molecule has 3 heterocycles. The summed E-state index contributed by atoms with van der Waals surface area (Å²) in [4.78, 5) is 18.9. The second kappa shape index (κ2) is 6.43. The summed E-state index contributed by atoms with van der Waals surface area (Å²) in [5.41, 5.74) is 0. The van der Waals surface area contributed by atoms with Crippen LogP contribution in [0.15, 0.2) is 23.7 Å². The quantitative estimate of drug-likeness (QED) is 0.944. The Kier molecular flexibility index (Phi) is 4.39. The first-order chi connectivity index (χ1) is 10.3. The monoisotopic (exact) mass is 303 g/mol. The van der Waals surface area contributed by atoms with E-state index in [1.54, 1.807) is 11.3 Å². The molecule has 0 bridgehead atoms. The van der Waals surface area contributed by atoms with Gasteiger partial charge in [-0.3, -0.25) is 4.79 Å². The van der Waals surface area contributed by atoms with E-state index >= 15 is 0 Å². The normalized spacial score (nSPS) is 16.3. The highest BCUT2D eigenvalue weighted by Gasteiger charge is 2.26. The molecular weight excluding hydrogens is 282 g/mol. The van der Waals surface area contributed by atoms with Crippen molar-refractivity contribution >= 4 is 33.1 Å². The minimum atomic E-state index is 0.162. The third kappa shape index (κ3) is 3.02. The van der Waals surface area contributed by atoms with Gasteiger partial charge in [0, 0.05) is 41.8 Å². The van der Waals surface area contributed by atoms with Gasteiger partial charge in [0.15, 0.2) is 0 Å². The van der Waals surface area contributed by atoms with E-state index in [4.69, 9.17) is 0 Å². The highest BCUT2D eigenvalue weighted by Crippen LogP contribution is 2.31. The summed E-state index contributed by atoms with van der Waals surface area (Å²) >= 11 is 1.75. The average Bonchev–Trinajstić information content (AvgIpc) is 3.01. The second-order valence-corrected chi connectivity index (χ2v) is 6.47. The molecule has 0 radical (unpaired) electrons. The maximum atomic E-state index is 12.0. The topological polar surface area (TPSA) is 45.2 Å². The summed E-state index contributed by atoms with van der Waals surface area (Å²) in [5, 5.41) is 6.36. The molecule has 0 unspecified atom stereocenters. The van der Waals surface area contributed by atoms with E-state index < -0.39 is 0 Å². The van der Waals surface area contributed by atoms with Crippen LogP contribution in [0, 0.1) is 5.92 Å². The van der Waals surface area contributed by atoms with Gasteiger partial charge in [0.2, 0.25) is 5.91 Å². The molecule has 4 nitrogen and oxygen atoms in total. The number of piperidine rings is 1. The fourth-order valence-corrected chi connectivity index (χ4v) is 3.65. The number of amides is 1. The van der Waals surface area contributed by atoms with E-state index in [1.165, 1.54) is 10.1 Å². The molecule has 21 heavy (non-hydrogen) atoms. The van der Waals surface area contributed by atoms with Crippen molar-refractivity contribution in [1.29, 1.82) is 0 Å². The molecule has 1 N–H and O–H groups in total. The Balaban J connectivity index is 1.66. The van der Waals surface area contributed by atoms with Gasteiger partial charge < -0.3 is 10.2 Å². The smallest absolute Gasteiger partial charge is 0.223 e. The Hall–Kier alpha value is -1.62. The lowest BCUT2D eigenvalue weighted by atomic mass is 9.95. The molecule has 2 aromatic rings. The molecule has 0 aromatic carbocycles. The largest absolute Gasteiger partial charge is 0.356 e. The Morgan fingerprint density at radius 1 is 1.43 bits per heavy atom. The highest BCUT2D eigenvalue weighted by molar-refractivity contribution is 7.17. The first-order valence-corrected chi connectivity index (χ1v) is 8.52.